The summed E-state index contributed by atoms with van der Waals surface area (Å²) in [6, 6.07) is 0.967. The summed E-state index contributed by atoms with van der Waals surface area (Å²) in [5.74, 6) is 1.11. The van der Waals surface area contributed by atoms with Gasteiger partial charge < -0.3 is 16.0 Å². The molecule has 118 valence electrons. The Labute approximate surface area is 124 Å². The monoisotopic (exact) mass is 283 g/mol. The van der Waals surface area contributed by atoms with Crippen LogP contribution in [-0.4, -0.2) is 42.5 Å². The van der Waals surface area contributed by atoms with Gasteiger partial charge in [0, 0.05) is 31.6 Å². The summed E-state index contributed by atoms with van der Waals surface area (Å²) in [6.45, 7) is 11.6. The van der Waals surface area contributed by atoms with Gasteiger partial charge in [-0.25, -0.2) is 0 Å². The lowest BCUT2D eigenvalue weighted by molar-refractivity contribution is -0.123. The Morgan fingerprint density at radius 3 is 2.30 bits per heavy atom. The first-order chi connectivity index (χ1) is 9.42. The minimum Gasteiger partial charge on any atom is -0.353 e. The second-order valence-corrected chi connectivity index (χ2v) is 6.91. The standard InChI is InChI=1S/C16H33N3O/c1-12(2)9-14(11-17)10-16(20)18-15-5-7-19(8-6-15)13(3)4/h12-15H,5-11,17H2,1-4H3,(H,18,20)/t14-/m0/s1. The second-order valence-electron chi connectivity index (χ2n) is 6.91. The van der Waals surface area contributed by atoms with E-state index in [4.69, 9.17) is 5.73 Å². The minimum atomic E-state index is 0.184. The van der Waals surface area contributed by atoms with E-state index in [1.165, 1.54) is 0 Å². The predicted octanol–water partition coefficient (Wildman–Crippen LogP) is 1.99. The van der Waals surface area contributed by atoms with Crippen molar-refractivity contribution < 1.29 is 4.79 Å². The average molecular weight is 283 g/mol. The number of amides is 1. The van der Waals surface area contributed by atoms with E-state index in [0.29, 0.717) is 36.9 Å². The van der Waals surface area contributed by atoms with Gasteiger partial charge in [0.05, 0.1) is 0 Å². The molecule has 0 aromatic carbocycles. The van der Waals surface area contributed by atoms with Crippen molar-refractivity contribution in [3.05, 3.63) is 0 Å². The van der Waals surface area contributed by atoms with E-state index in [2.05, 4.69) is 37.9 Å². The van der Waals surface area contributed by atoms with E-state index in [-0.39, 0.29) is 5.91 Å². The van der Waals surface area contributed by atoms with Crippen molar-refractivity contribution >= 4 is 5.91 Å². The molecule has 1 rings (SSSR count). The third-order valence-electron chi connectivity index (χ3n) is 4.24. The summed E-state index contributed by atoms with van der Waals surface area (Å²) in [6.07, 6.45) is 3.76. The molecule has 0 radical (unpaired) electrons. The first kappa shape index (κ1) is 17.4. The van der Waals surface area contributed by atoms with Crippen LogP contribution in [0.2, 0.25) is 0 Å². The van der Waals surface area contributed by atoms with Crippen molar-refractivity contribution in [3.8, 4) is 0 Å². The number of hydrogen-bond acceptors (Lipinski definition) is 3. The number of piperidine rings is 1. The topological polar surface area (TPSA) is 58.4 Å². The first-order valence-corrected chi connectivity index (χ1v) is 8.15. The zero-order valence-electron chi connectivity index (χ0n) is 13.7. The van der Waals surface area contributed by atoms with Crippen LogP contribution in [0.25, 0.3) is 0 Å². The molecule has 4 nitrogen and oxygen atoms in total. The molecule has 0 unspecified atom stereocenters. The van der Waals surface area contributed by atoms with Crippen LogP contribution in [0.5, 0.6) is 0 Å². The molecule has 0 aromatic heterocycles. The summed E-state index contributed by atoms with van der Waals surface area (Å²) in [7, 11) is 0. The molecule has 0 spiro atoms. The molecule has 0 aromatic rings. The highest BCUT2D eigenvalue weighted by Gasteiger charge is 2.23. The molecular weight excluding hydrogens is 250 g/mol. The summed E-state index contributed by atoms with van der Waals surface area (Å²) < 4.78 is 0. The van der Waals surface area contributed by atoms with E-state index in [1.54, 1.807) is 0 Å². The Bertz CT molecular complexity index is 283. The summed E-state index contributed by atoms with van der Waals surface area (Å²) in [5, 5.41) is 3.20. The minimum absolute atomic E-state index is 0.184. The Morgan fingerprint density at radius 1 is 1.25 bits per heavy atom. The second kappa shape index (κ2) is 8.63. The highest BCUT2D eigenvalue weighted by atomic mass is 16.1. The molecule has 0 saturated carbocycles. The lowest BCUT2D eigenvalue weighted by Crippen LogP contribution is -2.47. The maximum atomic E-state index is 12.1. The largest absolute Gasteiger partial charge is 0.353 e. The number of carbonyl (C=O) groups is 1. The van der Waals surface area contributed by atoms with Crippen LogP contribution < -0.4 is 11.1 Å². The summed E-state index contributed by atoms with van der Waals surface area (Å²) in [4.78, 5) is 14.6. The maximum absolute atomic E-state index is 12.1. The highest BCUT2D eigenvalue weighted by molar-refractivity contribution is 5.76. The van der Waals surface area contributed by atoms with Crippen LogP contribution in [0.4, 0.5) is 0 Å². The van der Waals surface area contributed by atoms with Gasteiger partial charge in [-0.3, -0.25) is 4.79 Å². The molecule has 1 fully saturated rings. The number of nitrogens with two attached hydrogens (primary N) is 1. The molecule has 20 heavy (non-hydrogen) atoms. The van der Waals surface area contributed by atoms with E-state index in [0.717, 1.165) is 32.4 Å². The van der Waals surface area contributed by atoms with Gasteiger partial charge in [-0.1, -0.05) is 13.8 Å². The van der Waals surface area contributed by atoms with E-state index >= 15 is 0 Å². The van der Waals surface area contributed by atoms with Gasteiger partial charge >= 0.3 is 0 Å². The summed E-state index contributed by atoms with van der Waals surface area (Å²) >= 11 is 0. The van der Waals surface area contributed by atoms with Gasteiger partial charge in [0.25, 0.3) is 0 Å². The average Bonchev–Trinajstić information content (AvgIpc) is 2.37. The van der Waals surface area contributed by atoms with Gasteiger partial charge in [0.2, 0.25) is 5.91 Å². The van der Waals surface area contributed by atoms with Gasteiger partial charge in [0.15, 0.2) is 0 Å². The zero-order chi connectivity index (χ0) is 15.1. The first-order valence-electron chi connectivity index (χ1n) is 8.15. The molecule has 0 bridgehead atoms. The maximum Gasteiger partial charge on any atom is 0.220 e. The Kier molecular flexibility index (Phi) is 7.52. The molecule has 4 heteroatoms. The Morgan fingerprint density at radius 2 is 1.85 bits per heavy atom. The fourth-order valence-electron chi connectivity index (χ4n) is 3.04. The van der Waals surface area contributed by atoms with Crippen LogP contribution >= 0.6 is 0 Å². The molecule has 1 atom stereocenters. The smallest absolute Gasteiger partial charge is 0.220 e. The quantitative estimate of drug-likeness (QED) is 0.751. The highest BCUT2D eigenvalue weighted by Crippen LogP contribution is 2.16. The molecule has 3 N–H and O–H groups in total. The van der Waals surface area contributed by atoms with Crippen molar-refractivity contribution in [2.75, 3.05) is 19.6 Å². The van der Waals surface area contributed by atoms with Gasteiger partial charge in [0.1, 0.15) is 0 Å². The normalized spacial score (nSPS) is 19.6. The van der Waals surface area contributed by atoms with Crippen LogP contribution in [0.15, 0.2) is 0 Å². The SMILES string of the molecule is CC(C)C[C@H](CN)CC(=O)NC1CCN(C(C)C)CC1. The number of rotatable bonds is 7. The molecule has 0 aliphatic carbocycles. The number of hydrogen-bond donors (Lipinski definition) is 2. The van der Waals surface area contributed by atoms with Crippen LogP contribution in [-0.2, 0) is 4.79 Å². The van der Waals surface area contributed by atoms with Gasteiger partial charge in [-0.05, 0) is 51.5 Å². The van der Waals surface area contributed by atoms with Crippen molar-refractivity contribution in [2.24, 2.45) is 17.6 Å². The summed E-state index contributed by atoms with van der Waals surface area (Å²) in [5.41, 5.74) is 5.77. The number of nitrogens with one attached hydrogen (secondary N) is 1. The fraction of sp³-hybridized carbons (Fsp3) is 0.938. The number of carbonyl (C=O) groups excluding carboxylic acids is 1. The van der Waals surface area contributed by atoms with Crippen molar-refractivity contribution in [1.29, 1.82) is 0 Å². The van der Waals surface area contributed by atoms with Gasteiger partial charge in [-0.2, -0.15) is 0 Å². The number of nitrogens with zero attached hydrogens (tertiary/aromatic N) is 1. The lowest BCUT2D eigenvalue weighted by Gasteiger charge is -2.35. The van der Waals surface area contributed by atoms with Gasteiger partial charge in [-0.15, -0.1) is 0 Å². The third kappa shape index (κ3) is 6.23. The van der Waals surface area contributed by atoms with E-state index in [1.807, 2.05) is 0 Å². The van der Waals surface area contributed by atoms with E-state index < -0.39 is 0 Å². The third-order valence-corrected chi connectivity index (χ3v) is 4.24. The van der Waals surface area contributed by atoms with Crippen LogP contribution in [0.1, 0.15) is 53.4 Å². The van der Waals surface area contributed by atoms with Crippen molar-refractivity contribution in [1.82, 2.24) is 10.2 Å². The Hall–Kier alpha value is -0.610. The Balaban J connectivity index is 2.29. The fourth-order valence-corrected chi connectivity index (χ4v) is 3.04. The number of likely N-dealkylation sites (tertiary alicyclic amines) is 1. The lowest BCUT2D eigenvalue weighted by atomic mass is 9.93. The zero-order valence-corrected chi connectivity index (χ0v) is 13.7. The molecule has 1 amide bonds. The van der Waals surface area contributed by atoms with Crippen LogP contribution in [0.3, 0.4) is 0 Å². The molecule has 1 aliphatic heterocycles. The predicted molar refractivity (Wildman–Crippen MR) is 84.5 cm³/mol. The van der Waals surface area contributed by atoms with E-state index in [9.17, 15) is 4.79 Å². The molecule has 1 heterocycles. The molecular formula is C16H33N3O. The van der Waals surface area contributed by atoms with Crippen molar-refractivity contribution in [3.63, 3.8) is 0 Å². The van der Waals surface area contributed by atoms with Crippen molar-refractivity contribution in [2.45, 2.75) is 65.5 Å². The molecule has 1 saturated heterocycles. The molecule has 1 aliphatic rings. The van der Waals surface area contributed by atoms with Crippen LogP contribution in [0, 0.1) is 11.8 Å².